The number of ether oxygens (including phenoxy) is 1. The van der Waals surface area contributed by atoms with E-state index < -0.39 is 12.0 Å². The van der Waals surface area contributed by atoms with Crippen LogP contribution in [0.25, 0.3) is 5.57 Å². The first-order valence-electron chi connectivity index (χ1n) is 9.99. The number of nitrogens with one attached hydrogen (secondary N) is 1. The van der Waals surface area contributed by atoms with Gasteiger partial charge in [0.05, 0.1) is 11.7 Å². The monoisotopic (exact) mass is 407 g/mol. The quantitative estimate of drug-likeness (QED) is 0.596. The highest BCUT2D eigenvalue weighted by atomic mass is 16.5. The lowest BCUT2D eigenvalue weighted by molar-refractivity contribution is -0.131. The number of fused-ring (bicyclic) bond motifs is 2. The van der Waals surface area contributed by atoms with E-state index in [1.807, 2.05) is 19.1 Å². The Labute approximate surface area is 175 Å². The highest BCUT2D eigenvalue weighted by Crippen LogP contribution is 2.51. The molecule has 30 heavy (non-hydrogen) atoms. The molecule has 1 aromatic heterocycles. The highest BCUT2D eigenvalue weighted by molar-refractivity contribution is 6.09. The molecule has 1 N–H and O–H groups in total. The maximum absolute atomic E-state index is 13.2. The van der Waals surface area contributed by atoms with Crippen molar-refractivity contribution in [3.05, 3.63) is 46.7 Å². The number of carbonyl (C=O) groups excluding carboxylic acids is 3. The van der Waals surface area contributed by atoms with Crippen molar-refractivity contribution in [2.45, 2.75) is 53.5 Å². The summed E-state index contributed by atoms with van der Waals surface area (Å²) in [6, 6.07) is 6.68. The molecule has 0 radical (unpaired) electrons. The van der Waals surface area contributed by atoms with Gasteiger partial charge in [-0.3, -0.25) is 14.4 Å². The third kappa shape index (κ3) is 3.34. The second-order valence-electron chi connectivity index (χ2n) is 8.81. The molecule has 2 aromatic rings. The van der Waals surface area contributed by atoms with Gasteiger partial charge in [0.1, 0.15) is 11.6 Å². The summed E-state index contributed by atoms with van der Waals surface area (Å²) in [7, 11) is 0. The smallest absolute Gasteiger partial charge is 0.308 e. The molecule has 0 spiro atoms. The minimum atomic E-state index is -0.406. The third-order valence-corrected chi connectivity index (χ3v) is 5.63. The molecule has 2 heterocycles. The molecule has 1 atom stereocenters. The van der Waals surface area contributed by atoms with Gasteiger partial charge in [-0.05, 0) is 42.0 Å². The first-order valence-corrected chi connectivity index (χ1v) is 9.99. The van der Waals surface area contributed by atoms with Gasteiger partial charge in [0.2, 0.25) is 5.91 Å². The number of hydrogen-bond acceptors (Lipinski definition) is 6. The van der Waals surface area contributed by atoms with Gasteiger partial charge in [-0.1, -0.05) is 26.0 Å². The molecule has 7 nitrogen and oxygen atoms in total. The molecule has 156 valence electrons. The van der Waals surface area contributed by atoms with E-state index in [9.17, 15) is 14.4 Å². The predicted octanol–water partition coefficient (Wildman–Crippen LogP) is 4.09. The van der Waals surface area contributed by atoms with Crippen LogP contribution >= 0.6 is 0 Å². The number of allylic oxidation sites excluding steroid dienone is 1. The first-order chi connectivity index (χ1) is 14.1. The van der Waals surface area contributed by atoms with Gasteiger partial charge < -0.3 is 10.1 Å². The molecular weight excluding hydrogens is 382 g/mol. The summed E-state index contributed by atoms with van der Waals surface area (Å²) in [6.45, 7) is 8.86. The number of aromatic nitrogens is 2. The molecule has 0 unspecified atom stereocenters. The summed E-state index contributed by atoms with van der Waals surface area (Å²) >= 11 is 0. The molecule has 4 rings (SSSR count). The summed E-state index contributed by atoms with van der Waals surface area (Å²) < 4.78 is 6.50. The van der Waals surface area contributed by atoms with Crippen LogP contribution in [0.5, 0.6) is 5.75 Å². The van der Waals surface area contributed by atoms with Crippen molar-refractivity contribution < 1.29 is 19.1 Å². The Bertz CT molecular complexity index is 1110. The van der Waals surface area contributed by atoms with Crippen LogP contribution < -0.4 is 10.1 Å². The number of ketones is 1. The van der Waals surface area contributed by atoms with Crippen molar-refractivity contribution in [2.75, 3.05) is 5.32 Å². The molecule has 7 heteroatoms. The van der Waals surface area contributed by atoms with Gasteiger partial charge in [0, 0.05) is 31.4 Å². The lowest BCUT2D eigenvalue weighted by Crippen LogP contribution is -2.33. The van der Waals surface area contributed by atoms with E-state index in [4.69, 9.17) is 4.74 Å². The normalized spacial score (nSPS) is 19.6. The topological polar surface area (TPSA) is 90.3 Å². The lowest BCUT2D eigenvalue weighted by atomic mass is 9.68. The van der Waals surface area contributed by atoms with E-state index in [0.717, 1.165) is 34.4 Å². The number of carbonyl (C=O) groups is 3. The number of anilines is 1. The van der Waals surface area contributed by atoms with E-state index in [1.54, 1.807) is 12.1 Å². The largest absolute Gasteiger partial charge is 0.427 e. The molecule has 0 amide bonds. The molecule has 0 bridgehead atoms. The Kier molecular flexibility index (Phi) is 4.64. The standard InChI is InChI=1S/C23H25N3O4/c1-12-19-17-10-23(4,5)11-18(29)20(17)21(24-22(19)26(25-12)13(2)27)15-6-8-16(9-7-15)30-14(3)28/h6-9,21,24H,10-11H2,1-5H3/t21-/m1/s1. The molecular formula is C23H25N3O4. The van der Waals surface area contributed by atoms with E-state index in [0.29, 0.717) is 18.0 Å². The van der Waals surface area contributed by atoms with Gasteiger partial charge in [-0.25, -0.2) is 0 Å². The number of benzene rings is 1. The van der Waals surface area contributed by atoms with Crippen molar-refractivity contribution in [3.8, 4) is 5.75 Å². The van der Waals surface area contributed by atoms with Crippen molar-refractivity contribution in [3.63, 3.8) is 0 Å². The van der Waals surface area contributed by atoms with Gasteiger partial charge in [-0.15, -0.1) is 0 Å². The van der Waals surface area contributed by atoms with Gasteiger partial charge >= 0.3 is 5.97 Å². The van der Waals surface area contributed by atoms with E-state index in [-0.39, 0.29) is 17.1 Å². The van der Waals surface area contributed by atoms with Crippen LogP contribution in [-0.2, 0) is 9.59 Å². The highest BCUT2D eigenvalue weighted by Gasteiger charge is 2.42. The Morgan fingerprint density at radius 1 is 1.17 bits per heavy atom. The zero-order valence-electron chi connectivity index (χ0n) is 17.8. The molecule has 0 fully saturated rings. The second-order valence-corrected chi connectivity index (χ2v) is 8.81. The molecule has 0 saturated carbocycles. The van der Waals surface area contributed by atoms with E-state index in [1.165, 1.54) is 18.5 Å². The van der Waals surface area contributed by atoms with Crippen LogP contribution in [0.15, 0.2) is 29.8 Å². The lowest BCUT2D eigenvalue weighted by Gasteiger charge is -2.38. The summed E-state index contributed by atoms with van der Waals surface area (Å²) in [6.07, 6.45) is 1.19. The van der Waals surface area contributed by atoms with E-state index in [2.05, 4.69) is 24.3 Å². The van der Waals surface area contributed by atoms with Gasteiger partial charge in [0.25, 0.3) is 0 Å². The van der Waals surface area contributed by atoms with E-state index >= 15 is 0 Å². The predicted molar refractivity (Wildman–Crippen MR) is 112 cm³/mol. The SMILES string of the molecule is CC(=O)Oc1ccc([C@H]2Nc3c(c(C)nn3C(C)=O)C3=C2C(=O)CC(C)(C)C3)cc1. The van der Waals surface area contributed by atoms with Crippen LogP contribution in [0.4, 0.5) is 5.82 Å². The Balaban J connectivity index is 1.88. The van der Waals surface area contributed by atoms with Crippen molar-refractivity contribution in [1.82, 2.24) is 9.78 Å². The summed E-state index contributed by atoms with van der Waals surface area (Å²) in [5.41, 5.74) is 3.96. The number of nitrogens with zero attached hydrogens (tertiary/aromatic N) is 2. The summed E-state index contributed by atoms with van der Waals surface area (Å²) in [5, 5.41) is 7.83. The zero-order valence-corrected chi connectivity index (χ0v) is 17.8. The van der Waals surface area contributed by atoms with Gasteiger partial charge in [-0.2, -0.15) is 9.78 Å². The molecule has 1 aromatic carbocycles. The fraction of sp³-hybridized carbons (Fsp3) is 0.391. The maximum atomic E-state index is 13.2. The number of rotatable bonds is 2. The van der Waals surface area contributed by atoms with Crippen LogP contribution in [0, 0.1) is 12.3 Å². The van der Waals surface area contributed by atoms with Crippen molar-refractivity contribution in [2.24, 2.45) is 5.41 Å². The Morgan fingerprint density at radius 3 is 2.43 bits per heavy atom. The number of esters is 1. The zero-order chi connectivity index (χ0) is 21.8. The van der Waals surface area contributed by atoms with Crippen LogP contribution in [0.3, 0.4) is 0 Å². The maximum Gasteiger partial charge on any atom is 0.308 e. The number of aryl methyl sites for hydroxylation is 1. The van der Waals surface area contributed by atoms with Gasteiger partial charge in [0.15, 0.2) is 5.78 Å². The minimum Gasteiger partial charge on any atom is -0.427 e. The average molecular weight is 407 g/mol. The summed E-state index contributed by atoms with van der Waals surface area (Å²) in [4.78, 5) is 36.6. The van der Waals surface area contributed by atoms with Crippen LogP contribution in [0.2, 0.25) is 0 Å². The second kappa shape index (κ2) is 6.93. The van der Waals surface area contributed by atoms with Crippen LogP contribution in [-0.4, -0.2) is 27.4 Å². The summed E-state index contributed by atoms with van der Waals surface area (Å²) in [5.74, 6) is 0.583. The molecule has 1 aliphatic heterocycles. The van der Waals surface area contributed by atoms with Crippen LogP contribution in [0.1, 0.15) is 68.2 Å². The molecule has 1 aliphatic carbocycles. The number of hydrogen-bond donors (Lipinski definition) is 1. The fourth-order valence-corrected chi connectivity index (χ4v) is 4.50. The Morgan fingerprint density at radius 2 is 1.83 bits per heavy atom. The molecule has 2 aliphatic rings. The average Bonchev–Trinajstić information content (AvgIpc) is 2.97. The van der Waals surface area contributed by atoms with Crippen molar-refractivity contribution in [1.29, 1.82) is 0 Å². The third-order valence-electron chi connectivity index (χ3n) is 5.63. The Hall–Kier alpha value is -3.22. The fourth-order valence-electron chi connectivity index (χ4n) is 4.50. The van der Waals surface area contributed by atoms with Crippen molar-refractivity contribution >= 4 is 29.1 Å². The minimum absolute atomic E-state index is 0.100. The first kappa shape index (κ1) is 20.1. The number of Topliss-reactive ketones (excluding diaryl/α,β-unsaturated/α-hetero) is 1. The molecule has 0 saturated heterocycles.